The lowest BCUT2D eigenvalue weighted by atomic mass is 10.2. The fourth-order valence-corrected chi connectivity index (χ4v) is 1.08. The molecular weight excluding hydrogens is 168 g/mol. The lowest BCUT2D eigenvalue weighted by molar-refractivity contribution is -0.152. The summed E-state index contributed by atoms with van der Waals surface area (Å²) in [5, 5.41) is 0.190. The van der Waals surface area contributed by atoms with E-state index in [-0.39, 0.29) is 10.8 Å². The van der Waals surface area contributed by atoms with Crippen LogP contribution >= 0.6 is 11.6 Å². The summed E-state index contributed by atoms with van der Waals surface area (Å²) in [6, 6.07) is 0. The number of hydrogen-bond acceptors (Lipinski definition) is 3. The van der Waals surface area contributed by atoms with Crippen molar-refractivity contribution in [3.63, 3.8) is 0 Å². The molecule has 0 aromatic rings. The molecule has 4 heteroatoms. The molecule has 3 nitrogen and oxygen atoms in total. The Morgan fingerprint density at radius 1 is 1.73 bits per heavy atom. The van der Waals surface area contributed by atoms with E-state index in [0.29, 0.717) is 0 Å². The summed E-state index contributed by atoms with van der Waals surface area (Å²) in [6.07, 6.45) is 0.455. The summed E-state index contributed by atoms with van der Waals surface area (Å²) in [4.78, 5) is 11.0. The fraction of sp³-hybridized carbons (Fsp3) is 0.571. The van der Waals surface area contributed by atoms with Crippen molar-refractivity contribution in [2.75, 3.05) is 7.11 Å². The van der Waals surface area contributed by atoms with E-state index in [0.717, 1.165) is 0 Å². The Morgan fingerprint density at radius 2 is 2.36 bits per heavy atom. The number of ketones is 1. The van der Waals surface area contributed by atoms with Crippen LogP contribution in [0.3, 0.4) is 0 Å². The van der Waals surface area contributed by atoms with Gasteiger partial charge in [0.15, 0.2) is 6.29 Å². The van der Waals surface area contributed by atoms with E-state index in [9.17, 15) is 4.79 Å². The summed E-state index contributed by atoms with van der Waals surface area (Å²) in [6.45, 7) is 1.64. The van der Waals surface area contributed by atoms with Crippen LogP contribution in [0.2, 0.25) is 0 Å². The molecule has 0 bridgehead atoms. The normalized spacial score (nSPS) is 31.9. The van der Waals surface area contributed by atoms with Crippen molar-refractivity contribution in [2.45, 2.75) is 19.3 Å². The number of carbonyl (C=O) groups is 1. The molecule has 1 aliphatic heterocycles. The molecule has 1 aliphatic rings. The highest BCUT2D eigenvalue weighted by atomic mass is 35.5. The van der Waals surface area contributed by atoms with Crippen molar-refractivity contribution < 1.29 is 14.3 Å². The van der Waals surface area contributed by atoms with E-state index in [2.05, 4.69) is 0 Å². The van der Waals surface area contributed by atoms with Crippen molar-refractivity contribution in [2.24, 2.45) is 0 Å². The molecule has 0 aromatic heterocycles. The first kappa shape index (κ1) is 8.71. The molecule has 0 N–H and O–H groups in total. The Hall–Kier alpha value is -0.380. The zero-order chi connectivity index (χ0) is 8.43. The third kappa shape index (κ3) is 1.80. The Bertz CT molecular complexity index is 200. The molecule has 0 unspecified atom stereocenters. The number of halogens is 1. The van der Waals surface area contributed by atoms with Gasteiger partial charge in [-0.15, -0.1) is 0 Å². The summed E-state index contributed by atoms with van der Waals surface area (Å²) in [5.74, 6) is -0.194. The molecule has 0 saturated carbocycles. The van der Waals surface area contributed by atoms with Crippen molar-refractivity contribution in [3.8, 4) is 0 Å². The molecule has 11 heavy (non-hydrogen) atoms. The minimum absolute atomic E-state index is 0.190. The van der Waals surface area contributed by atoms with Crippen molar-refractivity contribution in [1.82, 2.24) is 0 Å². The standard InChI is InChI=1S/C7H9ClO3/c1-4-7(9)5(8)3-6(10-2)11-4/h3-4,6H,1-2H3/t4-,6-/m0/s1. The van der Waals surface area contributed by atoms with E-state index >= 15 is 0 Å². The lowest BCUT2D eigenvalue weighted by Gasteiger charge is -2.22. The minimum atomic E-state index is -0.502. The van der Waals surface area contributed by atoms with E-state index in [1.165, 1.54) is 13.2 Å². The van der Waals surface area contributed by atoms with Crippen molar-refractivity contribution >= 4 is 17.4 Å². The second-order valence-electron chi connectivity index (χ2n) is 2.26. The molecule has 1 rings (SSSR count). The average Bonchev–Trinajstić information content (AvgIpc) is 1.99. The van der Waals surface area contributed by atoms with Gasteiger partial charge in [0.1, 0.15) is 6.10 Å². The molecule has 2 atom stereocenters. The maximum atomic E-state index is 11.0. The first-order chi connectivity index (χ1) is 5.15. The summed E-state index contributed by atoms with van der Waals surface area (Å²) in [7, 11) is 1.49. The largest absolute Gasteiger partial charge is 0.352 e. The van der Waals surface area contributed by atoms with Crippen LogP contribution in [0.25, 0.3) is 0 Å². The van der Waals surface area contributed by atoms with Crippen LogP contribution in [0.5, 0.6) is 0 Å². The van der Waals surface area contributed by atoms with E-state index in [4.69, 9.17) is 21.1 Å². The highest BCUT2D eigenvalue weighted by Gasteiger charge is 2.26. The van der Waals surface area contributed by atoms with Crippen LogP contribution in [0, 0.1) is 0 Å². The second-order valence-corrected chi connectivity index (χ2v) is 2.67. The van der Waals surface area contributed by atoms with E-state index in [1.807, 2.05) is 0 Å². The number of hydrogen-bond donors (Lipinski definition) is 0. The first-order valence-electron chi connectivity index (χ1n) is 3.25. The van der Waals surface area contributed by atoms with Gasteiger partial charge < -0.3 is 9.47 Å². The van der Waals surface area contributed by atoms with Gasteiger partial charge in [0.05, 0.1) is 5.03 Å². The topological polar surface area (TPSA) is 35.5 Å². The van der Waals surface area contributed by atoms with Gasteiger partial charge in [-0.1, -0.05) is 11.6 Å². The van der Waals surface area contributed by atoms with Gasteiger partial charge in [0.2, 0.25) is 5.78 Å². The van der Waals surface area contributed by atoms with Crippen LogP contribution in [0.15, 0.2) is 11.1 Å². The highest BCUT2D eigenvalue weighted by molar-refractivity contribution is 6.43. The molecule has 0 radical (unpaired) electrons. The maximum Gasteiger partial charge on any atom is 0.202 e. The number of methoxy groups -OCH3 is 1. The molecule has 0 amide bonds. The predicted octanol–water partition coefficient (Wildman–Crippen LogP) is 1.07. The van der Waals surface area contributed by atoms with Crippen LogP contribution < -0.4 is 0 Å². The van der Waals surface area contributed by atoms with E-state index < -0.39 is 12.4 Å². The minimum Gasteiger partial charge on any atom is -0.352 e. The first-order valence-corrected chi connectivity index (χ1v) is 3.62. The Kier molecular flexibility index (Phi) is 2.65. The molecular formula is C7H9ClO3. The quantitative estimate of drug-likeness (QED) is 0.600. The Morgan fingerprint density at radius 3 is 2.82 bits per heavy atom. The third-order valence-corrected chi connectivity index (χ3v) is 1.77. The monoisotopic (exact) mass is 176 g/mol. The number of rotatable bonds is 1. The zero-order valence-electron chi connectivity index (χ0n) is 6.33. The van der Waals surface area contributed by atoms with Gasteiger partial charge in [0, 0.05) is 7.11 Å². The lowest BCUT2D eigenvalue weighted by Crippen LogP contribution is -2.32. The molecule has 1 heterocycles. The van der Waals surface area contributed by atoms with E-state index in [1.54, 1.807) is 6.92 Å². The molecule has 0 spiro atoms. The van der Waals surface area contributed by atoms with Gasteiger partial charge in [-0.3, -0.25) is 4.79 Å². The van der Waals surface area contributed by atoms with Gasteiger partial charge in [0.25, 0.3) is 0 Å². The summed E-state index contributed by atoms with van der Waals surface area (Å²) in [5.41, 5.74) is 0. The van der Waals surface area contributed by atoms with Gasteiger partial charge >= 0.3 is 0 Å². The SMILES string of the molecule is CO[C@@H]1C=C(Cl)C(=O)[C@H](C)O1. The maximum absolute atomic E-state index is 11.0. The smallest absolute Gasteiger partial charge is 0.202 e. The van der Waals surface area contributed by atoms with Crippen LogP contribution in [0.1, 0.15) is 6.92 Å². The van der Waals surface area contributed by atoms with Crippen LogP contribution in [0.4, 0.5) is 0 Å². The van der Waals surface area contributed by atoms with Gasteiger partial charge in [-0.25, -0.2) is 0 Å². The van der Waals surface area contributed by atoms with Gasteiger partial charge in [-0.2, -0.15) is 0 Å². The Labute approximate surface area is 69.9 Å². The third-order valence-electron chi connectivity index (χ3n) is 1.46. The highest BCUT2D eigenvalue weighted by Crippen LogP contribution is 2.18. The predicted molar refractivity (Wildman–Crippen MR) is 40.3 cm³/mol. The number of carbonyl (C=O) groups excluding carboxylic acids is 1. The second kappa shape index (κ2) is 3.34. The molecule has 62 valence electrons. The molecule has 0 fully saturated rings. The average molecular weight is 177 g/mol. The summed E-state index contributed by atoms with van der Waals surface area (Å²) >= 11 is 5.59. The van der Waals surface area contributed by atoms with Crippen molar-refractivity contribution in [1.29, 1.82) is 0 Å². The Balaban J connectivity index is 2.76. The van der Waals surface area contributed by atoms with Gasteiger partial charge in [-0.05, 0) is 13.0 Å². The molecule has 0 aromatic carbocycles. The molecule has 0 saturated heterocycles. The fourth-order valence-electron chi connectivity index (χ4n) is 0.822. The van der Waals surface area contributed by atoms with Crippen molar-refractivity contribution in [3.05, 3.63) is 11.1 Å². The number of Topliss-reactive ketones (excluding diaryl/α,β-unsaturated/α-hetero) is 1. The zero-order valence-corrected chi connectivity index (χ0v) is 7.09. The van der Waals surface area contributed by atoms with Crippen LogP contribution in [-0.4, -0.2) is 25.3 Å². The summed E-state index contributed by atoms with van der Waals surface area (Å²) < 4.78 is 9.93. The molecule has 0 aliphatic carbocycles. The van der Waals surface area contributed by atoms with Crippen LogP contribution in [-0.2, 0) is 14.3 Å². The number of ether oxygens (including phenoxy) is 2.